The van der Waals surface area contributed by atoms with E-state index in [-0.39, 0.29) is 59.1 Å². The number of hydrogen-bond acceptors (Lipinski definition) is 6. The largest absolute Gasteiger partial charge is 0.462 e. The van der Waals surface area contributed by atoms with Crippen molar-refractivity contribution in [3.8, 4) is 0 Å². The Morgan fingerprint density at radius 2 is 1.00 bits per heavy atom. The normalized spacial score (nSPS) is 30.9. The Hall–Kier alpha value is -1.14. The summed E-state index contributed by atoms with van der Waals surface area (Å²) in [6, 6.07) is 0. The molecule has 2 fully saturated rings. The highest BCUT2D eigenvalue weighted by atomic mass is 16.6. The minimum absolute atomic E-state index is 0.0491. The first-order chi connectivity index (χ1) is 12.5. The first kappa shape index (κ1) is 23.1. The van der Waals surface area contributed by atoms with E-state index in [1.807, 2.05) is 0 Å². The molecule has 2 atom stereocenters. The Bertz CT molecular complexity index is 570. The van der Waals surface area contributed by atoms with Gasteiger partial charge in [0.05, 0.1) is 11.8 Å². The number of rotatable bonds is 5. The maximum absolute atomic E-state index is 12.6. The summed E-state index contributed by atoms with van der Waals surface area (Å²) in [5, 5.41) is 0. The zero-order chi connectivity index (χ0) is 21.7. The zero-order valence-corrected chi connectivity index (χ0v) is 19.5. The third-order valence-electron chi connectivity index (χ3n) is 7.80. The fourth-order valence-electron chi connectivity index (χ4n) is 5.03. The molecule has 0 aromatic carbocycles. The molecule has 0 aromatic rings. The quantitative estimate of drug-likeness (QED) is 0.526. The third-order valence-corrected chi connectivity index (χ3v) is 7.80. The molecule has 0 bridgehead atoms. The van der Waals surface area contributed by atoms with E-state index in [4.69, 9.17) is 9.47 Å². The van der Waals surface area contributed by atoms with E-state index in [1.165, 1.54) is 0 Å². The molecule has 28 heavy (non-hydrogen) atoms. The number of likely N-dealkylation sites (tertiary alicyclic amines) is 2. The number of carbonyl (C=O) groups is 2. The van der Waals surface area contributed by atoms with Crippen LogP contribution < -0.4 is 0 Å². The Kier molecular flexibility index (Phi) is 6.02. The van der Waals surface area contributed by atoms with Gasteiger partial charge < -0.3 is 9.47 Å². The summed E-state index contributed by atoms with van der Waals surface area (Å²) in [4.78, 5) is 29.7. The molecule has 0 N–H and O–H groups in total. The predicted octanol–water partition coefficient (Wildman–Crippen LogP) is 3.09. The van der Waals surface area contributed by atoms with Crippen LogP contribution in [0.2, 0.25) is 0 Å². The maximum Gasteiger partial charge on any atom is 0.310 e. The molecule has 162 valence electrons. The van der Waals surface area contributed by atoms with Crippen molar-refractivity contribution in [2.45, 2.75) is 90.4 Å². The molecule has 0 aromatic heterocycles. The van der Waals surface area contributed by atoms with Crippen molar-refractivity contribution in [2.75, 3.05) is 27.3 Å². The SMILES string of the molecule is CN1C(C)(C)CC(C(=O)OCCOC(=O)C2CC(C)(C)N(C)C2(C)C)C1(C)C. The van der Waals surface area contributed by atoms with E-state index >= 15 is 0 Å². The van der Waals surface area contributed by atoms with Gasteiger partial charge in [-0.3, -0.25) is 19.4 Å². The fraction of sp³-hybridized carbons (Fsp3) is 0.909. The molecule has 2 unspecified atom stereocenters. The van der Waals surface area contributed by atoms with Crippen LogP contribution in [0.5, 0.6) is 0 Å². The second kappa shape index (κ2) is 7.28. The van der Waals surface area contributed by atoms with E-state index in [2.05, 4.69) is 79.3 Å². The fourth-order valence-corrected chi connectivity index (χ4v) is 5.03. The van der Waals surface area contributed by atoms with Gasteiger partial charge in [-0.15, -0.1) is 0 Å². The van der Waals surface area contributed by atoms with Gasteiger partial charge >= 0.3 is 11.9 Å². The lowest BCUT2D eigenvalue weighted by molar-refractivity contribution is -0.160. The first-order valence-corrected chi connectivity index (χ1v) is 10.4. The maximum atomic E-state index is 12.6. The molecule has 0 amide bonds. The minimum atomic E-state index is -0.263. The van der Waals surface area contributed by atoms with Crippen LogP contribution in [-0.4, -0.2) is 71.2 Å². The molecule has 0 saturated carbocycles. The Labute approximate surface area is 170 Å². The van der Waals surface area contributed by atoms with Gasteiger partial charge in [0.2, 0.25) is 0 Å². The Morgan fingerprint density at radius 1 is 0.714 bits per heavy atom. The molecule has 6 heteroatoms. The number of hydrogen-bond donors (Lipinski definition) is 0. The van der Waals surface area contributed by atoms with Gasteiger partial charge in [-0.05, 0) is 82.3 Å². The van der Waals surface area contributed by atoms with Gasteiger partial charge in [0.15, 0.2) is 0 Å². The number of ether oxygens (including phenoxy) is 2. The standard InChI is InChI=1S/C22H40N2O4/c1-19(2)13-15(21(5,6)23(19)9)17(25)27-11-12-28-18(26)16-14-20(3,4)24(10)22(16,7)8/h15-16H,11-14H2,1-10H3. The summed E-state index contributed by atoms with van der Waals surface area (Å²) in [6.07, 6.45) is 1.51. The molecule has 2 aliphatic heterocycles. The van der Waals surface area contributed by atoms with Crippen molar-refractivity contribution in [1.82, 2.24) is 9.80 Å². The lowest BCUT2D eigenvalue weighted by Gasteiger charge is -2.38. The highest BCUT2D eigenvalue weighted by molar-refractivity contribution is 5.75. The van der Waals surface area contributed by atoms with Crippen molar-refractivity contribution in [3.05, 3.63) is 0 Å². The summed E-state index contributed by atoms with van der Waals surface area (Å²) in [5.41, 5.74) is -0.623. The van der Waals surface area contributed by atoms with Crippen molar-refractivity contribution in [1.29, 1.82) is 0 Å². The molecule has 0 radical (unpaired) electrons. The van der Waals surface area contributed by atoms with Gasteiger partial charge in [-0.25, -0.2) is 0 Å². The van der Waals surface area contributed by atoms with Crippen LogP contribution in [0.1, 0.15) is 68.2 Å². The van der Waals surface area contributed by atoms with Gasteiger partial charge in [-0.2, -0.15) is 0 Å². The number of esters is 2. The van der Waals surface area contributed by atoms with Crippen molar-refractivity contribution in [2.24, 2.45) is 11.8 Å². The number of carbonyl (C=O) groups excluding carboxylic acids is 2. The predicted molar refractivity (Wildman–Crippen MR) is 110 cm³/mol. The average molecular weight is 397 g/mol. The van der Waals surface area contributed by atoms with Gasteiger partial charge in [0.25, 0.3) is 0 Å². The molecule has 2 rings (SSSR count). The second-order valence-corrected chi connectivity index (χ2v) is 10.9. The molecule has 2 heterocycles. The minimum Gasteiger partial charge on any atom is -0.462 e. The first-order valence-electron chi connectivity index (χ1n) is 10.4. The molecule has 2 saturated heterocycles. The van der Waals surface area contributed by atoms with Gasteiger partial charge in [0.1, 0.15) is 13.2 Å². The summed E-state index contributed by atoms with van der Waals surface area (Å²) in [6.45, 7) is 17.1. The summed E-state index contributed by atoms with van der Waals surface area (Å²) in [7, 11) is 4.10. The third kappa shape index (κ3) is 3.95. The lowest BCUT2D eigenvalue weighted by atomic mass is 9.87. The van der Waals surface area contributed by atoms with Crippen molar-refractivity contribution < 1.29 is 19.1 Å². The Morgan fingerprint density at radius 3 is 1.21 bits per heavy atom. The van der Waals surface area contributed by atoms with E-state index in [1.54, 1.807) is 0 Å². The van der Waals surface area contributed by atoms with E-state index in [9.17, 15) is 9.59 Å². The highest BCUT2D eigenvalue weighted by Crippen LogP contribution is 2.45. The van der Waals surface area contributed by atoms with Crippen LogP contribution in [0.15, 0.2) is 0 Å². The van der Waals surface area contributed by atoms with Crippen LogP contribution in [-0.2, 0) is 19.1 Å². The van der Waals surface area contributed by atoms with E-state index in [0.29, 0.717) is 0 Å². The monoisotopic (exact) mass is 396 g/mol. The number of nitrogens with zero attached hydrogens (tertiary/aromatic N) is 2. The average Bonchev–Trinajstić information content (AvgIpc) is 2.85. The summed E-state index contributed by atoms with van der Waals surface area (Å²) >= 11 is 0. The van der Waals surface area contributed by atoms with Gasteiger partial charge in [0, 0.05) is 22.2 Å². The van der Waals surface area contributed by atoms with Crippen LogP contribution >= 0.6 is 0 Å². The topological polar surface area (TPSA) is 59.1 Å². The summed E-state index contributed by atoms with van der Waals surface area (Å²) < 4.78 is 11.0. The smallest absolute Gasteiger partial charge is 0.310 e. The van der Waals surface area contributed by atoms with Crippen molar-refractivity contribution >= 4 is 11.9 Å². The summed E-state index contributed by atoms with van der Waals surface area (Å²) in [5.74, 6) is -0.793. The van der Waals surface area contributed by atoms with Crippen LogP contribution in [0.3, 0.4) is 0 Å². The van der Waals surface area contributed by atoms with Crippen LogP contribution in [0, 0.1) is 11.8 Å². The molecular formula is C22H40N2O4. The molecule has 6 nitrogen and oxygen atoms in total. The second-order valence-electron chi connectivity index (χ2n) is 10.9. The van der Waals surface area contributed by atoms with Crippen molar-refractivity contribution in [3.63, 3.8) is 0 Å². The zero-order valence-electron chi connectivity index (χ0n) is 19.5. The molecule has 2 aliphatic rings. The highest BCUT2D eigenvalue weighted by Gasteiger charge is 2.54. The van der Waals surface area contributed by atoms with Crippen LogP contribution in [0.4, 0.5) is 0 Å². The van der Waals surface area contributed by atoms with E-state index in [0.717, 1.165) is 12.8 Å². The lowest BCUT2D eigenvalue weighted by Crippen LogP contribution is -2.48. The van der Waals surface area contributed by atoms with Crippen LogP contribution in [0.25, 0.3) is 0 Å². The van der Waals surface area contributed by atoms with E-state index < -0.39 is 0 Å². The molecule has 0 spiro atoms. The van der Waals surface area contributed by atoms with Gasteiger partial charge in [-0.1, -0.05) is 0 Å². The molecule has 0 aliphatic carbocycles. The Balaban J connectivity index is 1.85. The molecular weight excluding hydrogens is 356 g/mol.